The third-order valence-corrected chi connectivity index (χ3v) is 6.73. The zero-order valence-corrected chi connectivity index (χ0v) is 18.0. The van der Waals surface area contributed by atoms with Gasteiger partial charge in [-0.2, -0.15) is 0 Å². The number of fused-ring (bicyclic) bond motifs is 1. The Morgan fingerprint density at radius 3 is 2.71 bits per heavy atom. The normalized spacial score (nSPS) is 21.5. The fourth-order valence-electron chi connectivity index (χ4n) is 3.91. The third kappa shape index (κ3) is 3.55. The molecule has 0 aliphatic heterocycles. The van der Waals surface area contributed by atoms with Crippen LogP contribution in [0, 0.1) is 5.41 Å². The van der Waals surface area contributed by atoms with Crippen molar-refractivity contribution in [1.82, 2.24) is 14.3 Å². The standard InChI is InChI=1S/C20H29N3O4S/c1-6-7-12-27-16-13-15(20(16,2)3)22(4)18(24)17-14-10-8-9-11-23(14)19(21-17)28(5,25)26/h8-11,15-16H,6-7,12-13H2,1-5H3/t15-,16-/m0/s1. The summed E-state index contributed by atoms with van der Waals surface area (Å²) in [6.07, 6.45) is 5.71. The van der Waals surface area contributed by atoms with Crippen LogP contribution >= 0.6 is 0 Å². The van der Waals surface area contributed by atoms with E-state index in [0.29, 0.717) is 5.52 Å². The van der Waals surface area contributed by atoms with E-state index in [9.17, 15) is 13.2 Å². The fraction of sp³-hybridized carbons (Fsp3) is 0.600. The van der Waals surface area contributed by atoms with Gasteiger partial charge < -0.3 is 9.64 Å². The minimum absolute atomic E-state index is 0.00812. The molecule has 2 aromatic rings. The maximum absolute atomic E-state index is 13.2. The van der Waals surface area contributed by atoms with Crippen LogP contribution in [0.25, 0.3) is 5.52 Å². The summed E-state index contributed by atoms with van der Waals surface area (Å²) in [7, 11) is -1.81. The van der Waals surface area contributed by atoms with E-state index in [-0.39, 0.29) is 34.3 Å². The summed E-state index contributed by atoms with van der Waals surface area (Å²) in [6.45, 7) is 7.08. The minimum atomic E-state index is -3.56. The van der Waals surface area contributed by atoms with Crippen LogP contribution in [0.3, 0.4) is 0 Å². The van der Waals surface area contributed by atoms with Gasteiger partial charge in [0.15, 0.2) is 5.69 Å². The maximum atomic E-state index is 13.2. The lowest BCUT2D eigenvalue weighted by Crippen LogP contribution is -2.62. The van der Waals surface area contributed by atoms with E-state index >= 15 is 0 Å². The van der Waals surface area contributed by atoms with E-state index in [1.165, 1.54) is 4.40 Å². The molecule has 7 nitrogen and oxygen atoms in total. The van der Waals surface area contributed by atoms with Gasteiger partial charge in [-0.3, -0.25) is 9.20 Å². The molecule has 0 N–H and O–H groups in total. The first-order valence-corrected chi connectivity index (χ1v) is 11.5. The summed E-state index contributed by atoms with van der Waals surface area (Å²) in [6, 6.07) is 5.21. The minimum Gasteiger partial charge on any atom is -0.378 e. The smallest absolute Gasteiger partial charge is 0.274 e. The predicted molar refractivity (Wildman–Crippen MR) is 107 cm³/mol. The molecule has 0 radical (unpaired) electrons. The molecule has 0 saturated heterocycles. The van der Waals surface area contributed by atoms with Gasteiger partial charge in [-0.1, -0.05) is 33.3 Å². The number of carbonyl (C=O) groups is 1. The topological polar surface area (TPSA) is 81.0 Å². The molecule has 0 aromatic carbocycles. The SMILES string of the molecule is CCCCO[C@H]1C[C@H](N(C)C(=O)c2nc(S(C)(=O)=O)n3ccccc23)C1(C)C. The lowest BCUT2D eigenvalue weighted by molar-refractivity contribution is -0.140. The molecule has 1 amide bonds. The highest BCUT2D eigenvalue weighted by molar-refractivity contribution is 7.90. The number of ether oxygens (including phenoxy) is 1. The van der Waals surface area contributed by atoms with Crippen molar-refractivity contribution in [3.63, 3.8) is 0 Å². The lowest BCUT2D eigenvalue weighted by Gasteiger charge is -2.54. The number of hydrogen-bond acceptors (Lipinski definition) is 5. The molecule has 1 aliphatic carbocycles. The first kappa shape index (κ1) is 20.8. The molecule has 154 valence electrons. The Bertz CT molecular complexity index is 980. The number of unbranched alkanes of at least 4 members (excludes halogenated alkanes) is 1. The largest absolute Gasteiger partial charge is 0.378 e. The van der Waals surface area contributed by atoms with Gasteiger partial charge in [0.25, 0.3) is 5.91 Å². The third-order valence-electron chi connectivity index (χ3n) is 5.78. The number of carbonyl (C=O) groups excluding carboxylic acids is 1. The summed E-state index contributed by atoms with van der Waals surface area (Å²) in [4.78, 5) is 19.1. The summed E-state index contributed by atoms with van der Waals surface area (Å²) in [5.74, 6) is -0.274. The van der Waals surface area contributed by atoms with Crippen LogP contribution in [0.4, 0.5) is 0 Å². The maximum Gasteiger partial charge on any atom is 0.274 e. The molecule has 0 bridgehead atoms. The van der Waals surface area contributed by atoms with Gasteiger partial charge in [-0.25, -0.2) is 13.4 Å². The van der Waals surface area contributed by atoms with Crippen molar-refractivity contribution in [2.24, 2.45) is 5.41 Å². The first-order chi connectivity index (χ1) is 13.1. The summed E-state index contributed by atoms with van der Waals surface area (Å²) in [5, 5.41) is -0.117. The van der Waals surface area contributed by atoms with Gasteiger partial charge in [-0.15, -0.1) is 0 Å². The Morgan fingerprint density at radius 1 is 1.39 bits per heavy atom. The van der Waals surface area contributed by atoms with Crippen LogP contribution in [-0.2, 0) is 14.6 Å². The molecule has 28 heavy (non-hydrogen) atoms. The highest BCUT2D eigenvalue weighted by Crippen LogP contribution is 2.46. The Hall–Kier alpha value is -1.93. The van der Waals surface area contributed by atoms with Crippen LogP contribution in [0.15, 0.2) is 29.6 Å². The van der Waals surface area contributed by atoms with Crippen LogP contribution in [0.1, 0.15) is 50.5 Å². The molecule has 2 aromatic heterocycles. The lowest BCUT2D eigenvalue weighted by atomic mass is 9.63. The van der Waals surface area contributed by atoms with Crippen molar-refractivity contribution in [2.75, 3.05) is 19.9 Å². The number of aromatic nitrogens is 2. The molecule has 2 heterocycles. The van der Waals surface area contributed by atoms with E-state index in [1.54, 1.807) is 36.3 Å². The van der Waals surface area contributed by atoms with Crippen molar-refractivity contribution in [3.05, 3.63) is 30.1 Å². The molecule has 8 heteroatoms. The highest BCUT2D eigenvalue weighted by atomic mass is 32.2. The average molecular weight is 408 g/mol. The molecular weight excluding hydrogens is 378 g/mol. The molecule has 0 unspecified atom stereocenters. The van der Waals surface area contributed by atoms with E-state index in [1.807, 2.05) is 0 Å². The number of hydrogen-bond donors (Lipinski definition) is 0. The molecule has 1 aliphatic rings. The predicted octanol–water partition coefficient (Wildman–Crippen LogP) is 2.79. The second kappa shape index (κ2) is 7.48. The molecule has 1 saturated carbocycles. The van der Waals surface area contributed by atoms with Crippen molar-refractivity contribution >= 4 is 21.3 Å². The van der Waals surface area contributed by atoms with Gasteiger partial charge in [0.2, 0.25) is 15.0 Å². The Labute approximate surface area is 166 Å². The van der Waals surface area contributed by atoms with E-state index in [4.69, 9.17) is 4.74 Å². The summed E-state index contributed by atoms with van der Waals surface area (Å²) >= 11 is 0. The molecular formula is C20H29N3O4S. The number of sulfone groups is 1. The van der Waals surface area contributed by atoms with Crippen molar-refractivity contribution in [1.29, 1.82) is 0 Å². The number of rotatable bonds is 7. The van der Waals surface area contributed by atoms with Gasteiger partial charge >= 0.3 is 0 Å². The second-order valence-corrected chi connectivity index (χ2v) is 10.1. The van der Waals surface area contributed by atoms with Gasteiger partial charge in [-0.05, 0) is 25.0 Å². The van der Waals surface area contributed by atoms with E-state index in [2.05, 4.69) is 25.8 Å². The van der Waals surface area contributed by atoms with E-state index in [0.717, 1.165) is 32.1 Å². The van der Waals surface area contributed by atoms with Crippen LogP contribution in [0.5, 0.6) is 0 Å². The van der Waals surface area contributed by atoms with E-state index < -0.39 is 9.84 Å². The molecule has 3 rings (SSSR count). The summed E-state index contributed by atoms with van der Waals surface area (Å²) < 4.78 is 31.6. The Morgan fingerprint density at radius 2 is 2.11 bits per heavy atom. The number of nitrogens with zero attached hydrogens (tertiary/aromatic N) is 3. The monoisotopic (exact) mass is 407 g/mol. The Balaban J connectivity index is 1.85. The summed E-state index contributed by atoms with van der Waals surface area (Å²) in [5.41, 5.74) is 0.482. The first-order valence-electron chi connectivity index (χ1n) is 9.65. The van der Waals surface area contributed by atoms with Crippen LogP contribution in [0.2, 0.25) is 0 Å². The van der Waals surface area contributed by atoms with Crippen molar-refractivity contribution < 1.29 is 17.9 Å². The molecule has 0 spiro atoms. The van der Waals surface area contributed by atoms with Crippen molar-refractivity contribution in [3.8, 4) is 0 Å². The quantitative estimate of drug-likeness (QED) is 0.659. The van der Waals surface area contributed by atoms with Gasteiger partial charge in [0, 0.05) is 37.6 Å². The van der Waals surface area contributed by atoms with Crippen LogP contribution in [-0.4, -0.2) is 60.7 Å². The van der Waals surface area contributed by atoms with Crippen molar-refractivity contribution in [2.45, 2.75) is 57.3 Å². The van der Waals surface area contributed by atoms with Crippen LogP contribution < -0.4 is 0 Å². The highest BCUT2D eigenvalue weighted by Gasteiger charge is 2.52. The second-order valence-electron chi connectivity index (χ2n) is 8.17. The average Bonchev–Trinajstić information content (AvgIpc) is 3.03. The molecule has 1 fully saturated rings. The number of imidazole rings is 1. The van der Waals surface area contributed by atoms with Gasteiger partial charge in [0.1, 0.15) is 0 Å². The number of pyridine rings is 1. The molecule has 2 atom stereocenters. The Kier molecular flexibility index (Phi) is 5.55. The fourth-order valence-corrected chi connectivity index (χ4v) is 4.69. The zero-order chi connectivity index (χ0) is 20.7. The number of amides is 1. The zero-order valence-electron chi connectivity index (χ0n) is 17.2. The van der Waals surface area contributed by atoms with Gasteiger partial charge in [0.05, 0.1) is 11.6 Å².